The summed E-state index contributed by atoms with van der Waals surface area (Å²) in [4.78, 5) is 0. The number of nitrogens with zero attached hydrogens (tertiary/aromatic N) is 4. The molecule has 0 fully saturated rings. The third-order valence-corrected chi connectivity index (χ3v) is 3.24. The van der Waals surface area contributed by atoms with Gasteiger partial charge in [0.15, 0.2) is 0 Å². The molecule has 1 aromatic carbocycles. The molecule has 0 radical (unpaired) electrons. The molecule has 118 valence electrons. The zero-order valence-electron chi connectivity index (χ0n) is 12.9. The molecule has 0 N–H and O–H groups in total. The van der Waals surface area contributed by atoms with Crippen LogP contribution in [0.25, 0.3) is 11.4 Å². The minimum atomic E-state index is 0.931. The van der Waals surface area contributed by atoms with Gasteiger partial charge < -0.3 is 0 Å². The van der Waals surface area contributed by atoms with E-state index in [1.54, 1.807) is 18.8 Å². The van der Waals surface area contributed by atoms with E-state index in [1.807, 2.05) is 55.3 Å². The Hall–Kier alpha value is -1.38. The molecule has 0 spiro atoms. The second-order valence-electron chi connectivity index (χ2n) is 5.10. The summed E-state index contributed by atoms with van der Waals surface area (Å²) in [5.74, 6) is 0. The Bertz CT molecular complexity index is 715. The van der Waals surface area contributed by atoms with Crippen LogP contribution in [0.4, 0.5) is 0 Å². The molecule has 0 atom stereocenters. The predicted octanol–water partition coefficient (Wildman–Crippen LogP) is 3.78. The Balaban J connectivity index is 0.000000847. The average Bonchev–Trinajstić information content (AvgIpc) is 3.02. The molecule has 2 heterocycles. The van der Waals surface area contributed by atoms with Gasteiger partial charge in [0.05, 0.1) is 11.4 Å². The van der Waals surface area contributed by atoms with Crippen molar-refractivity contribution < 1.29 is 18.8 Å². The Kier molecular flexibility index (Phi) is 5.60. The van der Waals surface area contributed by atoms with Gasteiger partial charge >= 0.3 is 28.2 Å². The van der Waals surface area contributed by atoms with E-state index in [9.17, 15) is 0 Å². The van der Waals surface area contributed by atoms with E-state index >= 15 is 0 Å². The molecule has 3 aromatic rings. The van der Waals surface area contributed by atoms with E-state index in [-0.39, 0.29) is 0 Å². The van der Waals surface area contributed by atoms with Crippen LogP contribution in [0.3, 0.4) is 0 Å². The van der Waals surface area contributed by atoms with Crippen LogP contribution in [0, 0.1) is 33.8 Å². The average molecular weight is 496 g/mol. The first-order valence-electron chi connectivity index (χ1n) is 6.76. The van der Waals surface area contributed by atoms with Gasteiger partial charge in [0.2, 0.25) is 0 Å². The quantitative estimate of drug-likeness (QED) is 0.507. The molecular formula is C16H17ClN4Pt. The number of aryl methyl sites for hydroxylation is 4. The second kappa shape index (κ2) is 7.25. The minimum absolute atomic E-state index is 0.931. The molecule has 0 saturated heterocycles. The third-order valence-electron chi connectivity index (χ3n) is 3.24. The van der Waals surface area contributed by atoms with Gasteiger partial charge in [-0.05, 0) is 51.2 Å². The van der Waals surface area contributed by atoms with Gasteiger partial charge in [-0.1, -0.05) is 0 Å². The molecule has 0 saturated carbocycles. The Morgan fingerprint density at radius 2 is 1.27 bits per heavy atom. The van der Waals surface area contributed by atoms with Gasteiger partial charge in [-0.25, -0.2) is 0 Å². The van der Waals surface area contributed by atoms with E-state index < -0.39 is 0 Å². The maximum absolute atomic E-state index is 4.61. The number of halogens is 1. The van der Waals surface area contributed by atoms with Crippen molar-refractivity contribution in [2.75, 3.05) is 0 Å². The Morgan fingerprint density at radius 1 is 0.864 bits per heavy atom. The predicted molar refractivity (Wildman–Crippen MR) is 84.3 cm³/mol. The standard InChI is InChI=1S/C16H17N4.ClH.Pt/c1-11-8-13(3)19(17-11)15-6-5-7-16(10-15)20-14(4)9-12(2)18-20;;/h5-9H,1-4H3;1H;/q-1;;+2/p-1. The van der Waals surface area contributed by atoms with Gasteiger partial charge in [-0.2, -0.15) is 16.3 Å². The van der Waals surface area contributed by atoms with E-state index in [0.29, 0.717) is 0 Å². The van der Waals surface area contributed by atoms with Crippen molar-refractivity contribution in [1.82, 2.24) is 19.6 Å². The Morgan fingerprint density at radius 3 is 1.59 bits per heavy atom. The number of hydrogen-bond acceptors (Lipinski definition) is 2. The van der Waals surface area contributed by atoms with Crippen LogP contribution in [0.5, 0.6) is 0 Å². The van der Waals surface area contributed by atoms with Gasteiger partial charge in [0, 0.05) is 11.4 Å². The third kappa shape index (κ3) is 3.50. The molecule has 0 aliphatic carbocycles. The fraction of sp³-hybridized carbons (Fsp3) is 0.250. The summed E-state index contributed by atoms with van der Waals surface area (Å²) in [6.45, 7) is 8.08. The van der Waals surface area contributed by atoms with Crippen LogP contribution < -0.4 is 0 Å². The first-order chi connectivity index (χ1) is 10.5. The van der Waals surface area contributed by atoms with Gasteiger partial charge in [-0.3, -0.25) is 9.36 Å². The van der Waals surface area contributed by atoms with Crippen LogP contribution in [0.1, 0.15) is 22.8 Å². The van der Waals surface area contributed by atoms with Crippen LogP contribution in [0.2, 0.25) is 0 Å². The SMILES string of the molecule is Cc1cc(C)n(-c2[c-]c(-n3nc(C)cc3C)ccc2)n1.[Cl][Pt+]. The normalized spacial score (nSPS) is 10.3. The van der Waals surface area contributed by atoms with Gasteiger partial charge in [-0.15, -0.1) is 18.2 Å². The summed E-state index contributed by atoms with van der Waals surface area (Å²) in [5, 5.41) is 9.00. The molecule has 0 bridgehead atoms. The van der Waals surface area contributed by atoms with Crippen LogP contribution in [-0.2, 0) is 18.8 Å². The van der Waals surface area contributed by atoms with Crippen molar-refractivity contribution in [3.63, 3.8) is 0 Å². The summed E-state index contributed by atoms with van der Waals surface area (Å²) in [7, 11) is 4.61. The fourth-order valence-electron chi connectivity index (χ4n) is 2.44. The van der Waals surface area contributed by atoms with Crippen LogP contribution in [-0.4, -0.2) is 19.6 Å². The van der Waals surface area contributed by atoms with Crippen LogP contribution >= 0.6 is 9.42 Å². The van der Waals surface area contributed by atoms with Crippen molar-refractivity contribution >= 4 is 9.42 Å². The first kappa shape index (κ1) is 17.0. The summed E-state index contributed by atoms with van der Waals surface area (Å²) < 4.78 is 3.81. The first-order valence-corrected chi connectivity index (χ1v) is 9.58. The monoisotopic (exact) mass is 495 g/mol. The number of benzene rings is 1. The van der Waals surface area contributed by atoms with Gasteiger partial charge in [0.25, 0.3) is 0 Å². The van der Waals surface area contributed by atoms with Crippen molar-refractivity contribution in [2.45, 2.75) is 27.7 Å². The molecule has 0 unspecified atom stereocenters. The molecule has 6 heteroatoms. The van der Waals surface area contributed by atoms with E-state index in [2.05, 4.69) is 37.8 Å². The number of hydrogen-bond donors (Lipinski definition) is 0. The van der Waals surface area contributed by atoms with E-state index in [0.717, 1.165) is 34.2 Å². The summed E-state index contributed by atoms with van der Waals surface area (Å²) in [6.07, 6.45) is 0. The van der Waals surface area contributed by atoms with E-state index in [4.69, 9.17) is 0 Å². The maximum atomic E-state index is 4.61. The molecule has 4 nitrogen and oxygen atoms in total. The van der Waals surface area contributed by atoms with Gasteiger partial charge in [0.1, 0.15) is 0 Å². The molecule has 0 aliphatic heterocycles. The van der Waals surface area contributed by atoms with Crippen LogP contribution in [0.15, 0.2) is 30.3 Å². The number of aromatic nitrogens is 4. The Labute approximate surface area is 145 Å². The van der Waals surface area contributed by atoms with Crippen molar-refractivity contribution in [3.05, 3.63) is 59.2 Å². The molecule has 22 heavy (non-hydrogen) atoms. The second-order valence-corrected chi connectivity index (χ2v) is 5.10. The van der Waals surface area contributed by atoms with Crippen molar-refractivity contribution in [1.29, 1.82) is 0 Å². The van der Waals surface area contributed by atoms with E-state index in [1.165, 1.54) is 0 Å². The fourth-order valence-corrected chi connectivity index (χ4v) is 2.44. The molecule has 0 aliphatic rings. The summed E-state index contributed by atoms with van der Waals surface area (Å²) in [6, 6.07) is 13.5. The molecule has 2 aromatic heterocycles. The zero-order chi connectivity index (χ0) is 16.3. The van der Waals surface area contributed by atoms with Crippen molar-refractivity contribution in [3.8, 4) is 11.4 Å². The molecule has 3 rings (SSSR count). The molecular weight excluding hydrogens is 479 g/mol. The summed E-state index contributed by atoms with van der Waals surface area (Å²) in [5.41, 5.74) is 6.08. The molecule has 0 amide bonds. The van der Waals surface area contributed by atoms with Crippen molar-refractivity contribution in [2.24, 2.45) is 0 Å². The number of rotatable bonds is 2. The zero-order valence-corrected chi connectivity index (χ0v) is 15.9. The summed E-state index contributed by atoms with van der Waals surface area (Å²) >= 11 is 1.61. The topological polar surface area (TPSA) is 35.6 Å².